The number of nitrogens with two attached hydrogens (primary N) is 1. The van der Waals surface area contributed by atoms with Crippen molar-refractivity contribution in [3.63, 3.8) is 0 Å². The average molecular weight is 403 g/mol. The number of benzene rings is 2. The van der Waals surface area contributed by atoms with E-state index in [-0.39, 0.29) is 6.04 Å². The van der Waals surface area contributed by atoms with Gasteiger partial charge >= 0.3 is 6.03 Å². The highest BCUT2D eigenvalue weighted by atomic mass is 35.5. The summed E-state index contributed by atoms with van der Waals surface area (Å²) in [5, 5.41) is 8.20. The Bertz CT molecular complexity index is 888. The quantitative estimate of drug-likeness (QED) is 0.536. The SMILES string of the molecule is NC(COCc1ccccc1)c1csc(NC(=O)Nc2cccc(Cl)c2)n1. The van der Waals surface area contributed by atoms with E-state index in [4.69, 9.17) is 22.1 Å². The van der Waals surface area contributed by atoms with E-state index >= 15 is 0 Å². The van der Waals surface area contributed by atoms with E-state index < -0.39 is 6.03 Å². The van der Waals surface area contributed by atoms with Gasteiger partial charge in [-0.1, -0.05) is 48.0 Å². The van der Waals surface area contributed by atoms with Crippen LogP contribution >= 0.6 is 22.9 Å². The highest BCUT2D eigenvalue weighted by Crippen LogP contribution is 2.21. The molecule has 0 aliphatic carbocycles. The minimum atomic E-state index is -0.396. The standard InChI is InChI=1S/C19H19ClN4O2S/c20-14-7-4-8-15(9-14)22-18(25)24-19-23-17(12-27-19)16(21)11-26-10-13-5-2-1-3-6-13/h1-9,12,16H,10-11,21H2,(H2,22,23,24,25). The summed E-state index contributed by atoms with van der Waals surface area (Å²) in [7, 11) is 0. The summed E-state index contributed by atoms with van der Waals surface area (Å²) >= 11 is 7.20. The molecular formula is C19H19ClN4O2S. The Morgan fingerprint density at radius 1 is 1.19 bits per heavy atom. The van der Waals surface area contributed by atoms with Gasteiger partial charge in [0.05, 0.1) is 24.9 Å². The molecule has 0 aliphatic rings. The minimum absolute atomic E-state index is 0.340. The molecule has 0 saturated heterocycles. The Balaban J connectivity index is 1.47. The molecule has 8 heteroatoms. The summed E-state index contributed by atoms with van der Waals surface area (Å²) in [6.45, 7) is 0.832. The summed E-state index contributed by atoms with van der Waals surface area (Å²) < 4.78 is 5.64. The summed E-state index contributed by atoms with van der Waals surface area (Å²) in [6, 6.07) is 16.0. The lowest BCUT2D eigenvalue weighted by Gasteiger charge is -2.10. The predicted molar refractivity (Wildman–Crippen MR) is 109 cm³/mol. The molecule has 1 heterocycles. The summed E-state index contributed by atoms with van der Waals surface area (Å²) in [5.41, 5.74) is 8.48. The summed E-state index contributed by atoms with van der Waals surface area (Å²) in [5.74, 6) is 0. The van der Waals surface area contributed by atoms with Gasteiger partial charge in [0.1, 0.15) is 0 Å². The fourth-order valence-corrected chi connectivity index (χ4v) is 3.26. The molecule has 6 nitrogen and oxygen atoms in total. The Hall–Kier alpha value is -2.45. The molecule has 4 N–H and O–H groups in total. The van der Waals surface area contributed by atoms with Crippen molar-refractivity contribution < 1.29 is 9.53 Å². The smallest absolute Gasteiger partial charge is 0.325 e. The van der Waals surface area contributed by atoms with Crippen LogP contribution in [0.15, 0.2) is 60.0 Å². The van der Waals surface area contributed by atoms with Gasteiger partial charge in [0.2, 0.25) is 0 Å². The molecule has 3 rings (SSSR count). The summed E-state index contributed by atoms with van der Waals surface area (Å²) in [6.07, 6.45) is 0. The van der Waals surface area contributed by atoms with Gasteiger partial charge < -0.3 is 15.8 Å². The Labute approximate surface area is 166 Å². The van der Waals surface area contributed by atoms with Crippen LogP contribution < -0.4 is 16.4 Å². The van der Waals surface area contributed by atoms with E-state index in [1.165, 1.54) is 11.3 Å². The normalized spacial score (nSPS) is 11.8. The number of halogens is 1. The lowest BCUT2D eigenvalue weighted by molar-refractivity contribution is 0.107. The molecule has 0 bridgehead atoms. The van der Waals surface area contributed by atoms with Gasteiger partial charge in [0.15, 0.2) is 5.13 Å². The first kappa shape index (κ1) is 19.3. The average Bonchev–Trinajstić information content (AvgIpc) is 3.11. The van der Waals surface area contributed by atoms with Crippen LogP contribution in [0.2, 0.25) is 5.02 Å². The van der Waals surface area contributed by atoms with E-state index in [1.54, 1.807) is 24.3 Å². The zero-order valence-corrected chi connectivity index (χ0v) is 16.0. The van der Waals surface area contributed by atoms with Crippen LogP contribution in [0, 0.1) is 0 Å². The van der Waals surface area contributed by atoms with Crippen molar-refractivity contribution in [3.05, 3.63) is 76.3 Å². The van der Waals surface area contributed by atoms with Crippen LogP contribution in [0.4, 0.5) is 15.6 Å². The lowest BCUT2D eigenvalue weighted by Crippen LogP contribution is -2.20. The minimum Gasteiger partial charge on any atom is -0.375 e. The molecule has 2 aromatic carbocycles. The third-order valence-corrected chi connectivity index (χ3v) is 4.62. The monoisotopic (exact) mass is 402 g/mol. The number of ether oxygens (including phenoxy) is 1. The zero-order valence-electron chi connectivity index (χ0n) is 14.4. The molecule has 0 saturated carbocycles. The van der Waals surface area contributed by atoms with Crippen LogP contribution in [0.5, 0.6) is 0 Å². The topological polar surface area (TPSA) is 89.3 Å². The maximum absolute atomic E-state index is 12.0. The first-order chi connectivity index (χ1) is 13.1. The largest absolute Gasteiger partial charge is 0.375 e. The van der Waals surface area contributed by atoms with E-state index in [0.717, 1.165) is 5.56 Å². The van der Waals surface area contributed by atoms with Crippen LogP contribution in [-0.4, -0.2) is 17.6 Å². The summed E-state index contributed by atoms with van der Waals surface area (Å²) in [4.78, 5) is 16.4. The van der Waals surface area contributed by atoms with Gasteiger partial charge in [-0.3, -0.25) is 5.32 Å². The number of urea groups is 1. The van der Waals surface area contributed by atoms with Crippen molar-refractivity contribution in [2.24, 2.45) is 5.73 Å². The number of hydrogen-bond donors (Lipinski definition) is 3. The van der Waals surface area contributed by atoms with Gasteiger partial charge in [-0.15, -0.1) is 11.3 Å². The Morgan fingerprint density at radius 2 is 2.00 bits per heavy atom. The molecule has 0 spiro atoms. The van der Waals surface area contributed by atoms with Crippen LogP contribution in [0.25, 0.3) is 0 Å². The molecule has 2 amide bonds. The Morgan fingerprint density at radius 3 is 2.78 bits per heavy atom. The maximum Gasteiger partial charge on any atom is 0.325 e. The van der Waals surface area contributed by atoms with Crippen molar-refractivity contribution in [1.82, 2.24) is 4.98 Å². The van der Waals surface area contributed by atoms with Crippen LogP contribution in [0.3, 0.4) is 0 Å². The molecule has 0 fully saturated rings. The van der Waals surface area contributed by atoms with Gasteiger partial charge in [0.25, 0.3) is 0 Å². The van der Waals surface area contributed by atoms with Crippen molar-refractivity contribution >= 4 is 39.8 Å². The molecule has 3 aromatic rings. The van der Waals surface area contributed by atoms with Gasteiger partial charge in [0, 0.05) is 16.1 Å². The molecule has 1 aromatic heterocycles. The van der Waals surface area contributed by atoms with E-state index in [2.05, 4.69) is 15.6 Å². The first-order valence-corrected chi connectivity index (χ1v) is 9.52. The molecule has 0 radical (unpaired) electrons. The molecular weight excluding hydrogens is 384 g/mol. The number of hydrogen-bond acceptors (Lipinski definition) is 5. The van der Waals surface area contributed by atoms with E-state index in [9.17, 15) is 4.79 Å². The van der Waals surface area contributed by atoms with E-state index in [1.807, 2.05) is 35.7 Å². The zero-order chi connectivity index (χ0) is 19.1. The number of amides is 2. The molecule has 0 aliphatic heterocycles. The van der Waals surface area contributed by atoms with Crippen molar-refractivity contribution in [3.8, 4) is 0 Å². The van der Waals surface area contributed by atoms with Crippen LogP contribution in [0.1, 0.15) is 17.3 Å². The van der Waals surface area contributed by atoms with Gasteiger partial charge in [-0.25, -0.2) is 9.78 Å². The van der Waals surface area contributed by atoms with Gasteiger partial charge in [-0.05, 0) is 23.8 Å². The first-order valence-electron chi connectivity index (χ1n) is 8.26. The second kappa shape index (κ2) is 9.48. The third kappa shape index (κ3) is 6.04. The van der Waals surface area contributed by atoms with Gasteiger partial charge in [-0.2, -0.15) is 0 Å². The lowest BCUT2D eigenvalue weighted by atomic mass is 10.2. The van der Waals surface area contributed by atoms with Crippen LogP contribution in [-0.2, 0) is 11.3 Å². The number of carbonyl (C=O) groups is 1. The number of anilines is 2. The number of thiazole rings is 1. The number of nitrogens with zero attached hydrogens (tertiary/aromatic N) is 1. The predicted octanol–water partition coefficient (Wildman–Crippen LogP) is 4.66. The number of aromatic nitrogens is 1. The van der Waals surface area contributed by atoms with E-state index in [0.29, 0.717) is 34.7 Å². The molecule has 1 atom stereocenters. The highest BCUT2D eigenvalue weighted by molar-refractivity contribution is 7.13. The molecule has 140 valence electrons. The molecule has 1 unspecified atom stereocenters. The highest BCUT2D eigenvalue weighted by Gasteiger charge is 2.13. The number of carbonyl (C=O) groups excluding carboxylic acids is 1. The molecule has 27 heavy (non-hydrogen) atoms. The number of nitrogens with one attached hydrogen (secondary N) is 2. The van der Waals surface area contributed by atoms with Crippen molar-refractivity contribution in [1.29, 1.82) is 0 Å². The Kier molecular flexibility index (Phi) is 6.78. The fourth-order valence-electron chi connectivity index (χ4n) is 2.30. The second-order valence-electron chi connectivity index (χ2n) is 5.77. The van der Waals surface area contributed by atoms with Crippen molar-refractivity contribution in [2.45, 2.75) is 12.6 Å². The third-order valence-electron chi connectivity index (χ3n) is 3.61. The number of rotatable bonds is 7. The van der Waals surface area contributed by atoms with Crippen molar-refractivity contribution in [2.75, 3.05) is 17.2 Å². The fraction of sp³-hybridized carbons (Fsp3) is 0.158. The second-order valence-corrected chi connectivity index (χ2v) is 7.07. The maximum atomic E-state index is 12.0.